The molecule has 1 aromatic carbocycles. The number of aliphatic hydroxyl groups is 2. The molecule has 3 rings (SSSR count). The molecular weight excluding hydrogens is 236 g/mol. The van der Waals surface area contributed by atoms with Gasteiger partial charge in [-0.15, -0.1) is 0 Å². The maximum atomic E-state index is 10.5. The summed E-state index contributed by atoms with van der Waals surface area (Å²) < 4.78 is 0. The highest BCUT2D eigenvalue weighted by atomic mass is 16.3. The summed E-state index contributed by atoms with van der Waals surface area (Å²) >= 11 is 0. The third-order valence-electron chi connectivity index (χ3n) is 5.09. The Morgan fingerprint density at radius 3 is 2.68 bits per heavy atom. The van der Waals surface area contributed by atoms with Gasteiger partial charge in [0.05, 0.1) is 11.7 Å². The van der Waals surface area contributed by atoms with Crippen molar-refractivity contribution in [2.24, 2.45) is 0 Å². The molecule has 0 heterocycles. The van der Waals surface area contributed by atoms with Crippen molar-refractivity contribution in [3.63, 3.8) is 0 Å². The Hall–Kier alpha value is -0.860. The molecule has 2 nitrogen and oxygen atoms in total. The van der Waals surface area contributed by atoms with E-state index in [9.17, 15) is 10.2 Å². The summed E-state index contributed by atoms with van der Waals surface area (Å²) in [5.74, 6) is 0.421. The highest BCUT2D eigenvalue weighted by Crippen LogP contribution is 2.40. The molecule has 104 valence electrons. The van der Waals surface area contributed by atoms with Crippen LogP contribution >= 0.6 is 0 Å². The molecule has 0 saturated heterocycles. The summed E-state index contributed by atoms with van der Waals surface area (Å²) in [6.45, 7) is 0. The molecular formula is C17H24O2. The zero-order valence-electron chi connectivity index (χ0n) is 11.5. The van der Waals surface area contributed by atoms with E-state index in [-0.39, 0.29) is 0 Å². The average molecular weight is 260 g/mol. The summed E-state index contributed by atoms with van der Waals surface area (Å²) in [6.07, 6.45) is 7.29. The molecule has 0 spiro atoms. The van der Waals surface area contributed by atoms with Crippen LogP contribution in [0, 0.1) is 0 Å². The molecule has 1 fully saturated rings. The van der Waals surface area contributed by atoms with E-state index in [0.717, 1.165) is 38.5 Å². The van der Waals surface area contributed by atoms with Crippen LogP contribution in [-0.2, 0) is 6.42 Å². The van der Waals surface area contributed by atoms with Crippen LogP contribution < -0.4 is 0 Å². The van der Waals surface area contributed by atoms with Gasteiger partial charge in [-0.05, 0) is 55.6 Å². The van der Waals surface area contributed by atoms with Crippen LogP contribution in [0.2, 0.25) is 0 Å². The van der Waals surface area contributed by atoms with Gasteiger partial charge in [-0.1, -0.05) is 37.1 Å². The van der Waals surface area contributed by atoms with Crippen molar-refractivity contribution in [3.8, 4) is 0 Å². The molecule has 0 aromatic heterocycles. The summed E-state index contributed by atoms with van der Waals surface area (Å²) in [7, 11) is 0. The van der Waals surface area contributed by atoms with Crippen LogP contribution in [0.15, 0.2) is 24.3 Å². The first-order valence-corrected chi connectivity index (χ1v) is 7.67. The second-order valence-electron chi connectivity index (χ2n) is 6.35. The van der Waals surface area contributed by atoms with Crippen molar-refractivity contribution in [1.29, 1.82) is 0 Å². The molecule has 2 aliphatic rings. The first-order chi connectivity index (χ1) is 9.19. The number of aryl methyl sites for hydroxylation is 1. The van der Waals surface area contributed by atoms with E-state index < -0.39 is 11.7 Å². The lowest BCUT2D eigenvalue weighted by atomic mass is 9.77. The molecule has 2 heteroatoms. The first kappa shape index (κ1) is 13.1. The van der Waals surface area contributed by atoms with E-state index in [4.69, 9.17) is 0 Å². The minimum absolute atomic E-state index is 0.421. The van der Waals surface area contributed by atoms with Crippen molar-refractivity contribution >= 4 is 0 Å². The van der Waals surface area contributed by atoms with Crippen LogP contribution in [0.1, 0.15) is 62.0 Å². The lowest BCUT2D eigenvalue weighted by Crippen LogP contribution is -2.40. The highest BCUT2D eigenvalue weighted by molar-refractivity contribution is 5.32. The van der Waals surface area contributed by atoms with Crippen molar-refractivity contribution in [1.82, 2.24) is 0 Å². The summed E-state index contributed by atoms with van der Waals surface area (Å²) in [5, 5.41) is 20.9. The zero-order chi connectivity index (χ0) is 13.3. The van der Waals surface area contributed by atoms with Gasteiger partial charge in [-0.25, -0.2) is 0 Å². The van der Waals surface area contributed by atoms with E-state index in [1.165, 1.54) is 17.5 Å². The number of benzene rings is 1. The van der Waals surface area contributed by atoms with Gasteiger partial charge in [-0.2, -0.15) is 0 Å². The van der Waals surface area contributed by atoms with Crippen LogP contribution in [0.5, 0.6) is 0 Å². The van der Waals surface area contributed by atoms with Crippen molar-refractivity contribution in [2.75, 3.05) is 0 Å². The molecule has 0 aliphatic heterocycles. The average Bonchev–Trinajstić information content (AvgIpc) is 2.87. The molecule has 2 unspecified atom stereocenters. The number of aliphatic hydroxyl groups excluding tert-OH is 1. The molecule has 0 radical (unpaired) electrons. The Morgan fingerprint density at radius 2 is 1.89 bits per heavy atom. The van der Waals surface area contributed by atoms with Gasteiger partial charge in [0.25, 0.3) is 0 Å². The van der Waals surface area contributed by atoms with Crippen molar-refractivity contribution < 1.29 is 10.2 Å². The molecule has 19 heavy (non-hydrogen) atoms. The predicted octanol–water partition coefficient (Wildman–Crippen LogP) is 3.16. The maximum Gasteiger partial charge on any atom is 0.0905 e. The van der Waals surface area contributed by atoms with Gasteiger partial charge in [0.15, 0.2) is 0 Å². The quantitative estimate of drug-likeness (QED) is 0.876. The monoisotopic (exact) mass is 260 g/mol. The van der Waals surface area contributed by atoms with Crippen LogP contribution in [0.3, 0.4) is 0 Å². The van der Waals surface area contributed by atoms with Crippen LogP contribution in [0.25, 0.3) is 0 Å². The van der Waals surface area contributed by atoms with Crippen LogP contribution in [0.4, 0.5) is 0 Å². The second-order valence-corrected chi connectivity index (χ2v) is 6.35. The molecule has 2 N–H and O–H groups in total. The van der Waals surface area contributed by atoms with E-state index in [1.807, 2.05) is 0 Å². The van der Waals surface area contributed by atoms with Crippen molar-refractivity contribution in [3.05, 3.63) is 35.4 Å². The second kappa shape index (κ2) is 5.26. The molecule has 0 amide bonds. The maximum absolute atomic E-state index is 10.5. The predicted molar refractivity (Wildman–Crippen MR) is 76.2 cm³/mol. The van der Waals surface area contributed by atoms with Gasteiger partial charge >= 0.3 is 0 Å². The van der Waals surface area contributed by atoms with Crippen molar-refractivity contribution in [2.45, 2.75) is 69.0 Å². The lowest BCUT2D eigenvalue weighted by molar-refractivity contribution is -0.0760. The minimum atomic E-state index is -0.813. The summed E-state index contributed by atoms with van der Waals surface area (Å²) in [6, 6.07) is 8.60. The molecule has 2 aliphatic carbocycles. The molecule has 2 atom stereocenters. The Labute approximate surface area is 115 Å². The topological polar surface area (TPSA) is 40.5 Å². The largest absolute Gasteiger partial charge is 0.390 e. The van der Waals surface area contributed by atoms with Gasteiger partial charge in [0.2, 0.25) is 0 Å². The Kier molecular flexibility index (Phi) is 3.64. The number of rotatable bonds is 3. The fraction of sp³-hybridized carbons (Fsp3) is 0.647. The Morgan fingerprint density at radius 1 is 1.16 bits per heavy atom. The summed E-state index contributed by atoms with van der Waals surface area (Å²) in [4.78, 5) is 0. The van der Waals surface area contributed by atoms with E-state index in [1.54, 1.807) is 0 Å². The Bertz CT molecular complexity index is 435. The highest BCUT2D eigenvalue weighted by Gasteiger charge is 2.39. The molecule has 1 aromatic rings. The fourth-order valence-electron chi connectivity index (χ4n) is 3.91. The zero-order valence-corrected chi connectivity index (χ0v) is 11.5. The fourth-order valence-corrected chi connectivity index (χ4v) is 3.91. The third kappa shape index (κ3) is 2.56. The lowest BCUT2D eigenvalue weighted by Gasteiger charge is -2.33. The smallest absolute Gasteiger partial charge is 0.0905 e. The number of hydrogen-bond acceptors (Lipinski definition) is 2. The van der Waals surface area contributed by atoms with Gasteiger partial charge in [-0.3, -0.25) is 0 Å². The standard InChI is InChI=1S/C17H24O2/c18-16(17(19)10-3-4-11-17)12-14-8-5-7-13-6-1-2-9-15(13)14/h1-2,6,9,14,16,18-19H,3-5,7-8,10-12H2. The number of hydrogen-bond donors (Lipinski definition) is 2. The van der Waals surface area contributed by atoms with E-state index >= 15 is 0 Å². The SMILES string of the molecule is OC(CC1CCCc2ccccc21)C1(O)CCCC1. The van der Waals surface area contributed by atoms with E-state index in [2.05, 4.69) is 24.3 Å². The normalized spacial score (nSPS) is 26.9. The number of fused-ring (bicyclic) bond motifs is 1. The van der Waals surface area contributed by atoms with Gasteiger partial charge < -0.3 is 10.2 Å². The first-order valence-electron chi connectivity index (χ1n) is 7.67. The minimum Gasteiger partial charge on any atom is -0.390 e. The molecule has 1 saturated carbocycles. The van der Waals surface area contributed by atoms with Crippen LogP contribution in [-0.4, -0.2) is 21.9 Å². The van der Waals surface area contributed by atoms with Gasteiger partial charge in [0.1, 0.15) is 0 Å². The molecule has 0 bridgehead atoms. The van der Waals surface area contributed by atoms with Gasteiger partial charge in [0, 0.05) is 0 Å². The third-order valence-corrected chi connectivity index (χ3v) is 5.09. The summed E-state index contributed by atoms with van der Waals surface area (Å²) in [5.41, 5.74) is 2.02. The Balaban J connectivity index is 1.74. The van der Waals surface area contributed by atoms with E-state index in [0.29, 0.717) is 12.3 Å².